The van der Waals surface area contributed by atoms with Crippen LogP contribution >= 0.6 is 0 Å². The van der Waals surface area contributed by atoms with E-state index in [9.17, 15) is 4.79 Å². The van der Waals surface area contributed by atoms with Crippen molar-refractivity contribution in [1.82, 2.24) is 0 Å². The van der Waals surface area contributed by atoms with E-state index < -0.39 is 0 Å². The van der Waals surface area contributed by atoms with Gasteiger partial charge in [0.1, 0.15) is 0 Å². The Labute approximate surface area is 120 Å². The van der Waals surface area contributed by atoms with Gasteiger partial charge in [0.05, 0.1) is 6.19 Å². The minimum atomic E-state index is 0.236. The van der Waals surface area contributed by atoms with Crippen molar-refractivity contribution in [2.45, 2.75) is 89.7 Å². The van der Waals surface area contributed by atoms with Crippen LogP contribution in [0.2, 0.25) is 10.6 Å². The van der Waals surface area contributed by atoms with Crippen molar-refractivity contribution in [2.24, 2.45) is 11.8 Å². The lowest BCUT2D eigenvalue weighted by molar-refractivity contribution is 0.246. The van der Waals surface area contributed by atoms with Gasteiger partial charge < -0.3 is 4.79 Å². The van der Waals surface area contributed by atoms with Crippen LogP contribution in [0.25, 0.3) is 0 Å². The lowest BCUT2D eigenvalue weighted by atomic mass is 9.18. The van der Waals surface area contributed by atoms with Crippen LogP contribution < -0.4 is 0 Å². The molecule has 2 heteroatoms. The minimum absolute atomic E-state index is 0.236. The minimum Gasteiger partial charge on any atom is -0.315 e. The quantitative estimate of drug-likeness (QED) is 0.505. The molecule has 19 heavy (non-hydrogen) atoms. The fraction of sp³-hybridized carbons (Fsp3) is 0.941. The molecule has 0 aromatic carbocycles. The van der Waals surface area contributed by atoms with Crippen molar-refractivity contribution in [3.05, 3.63) is 0 Å². The van der Waals surface area contributed by atoms with Crippen molar-refractivity contribution in [3.63, 3.8) is 0 Å². The van der Waals surface area contributed by atoms with Gasteiger partial charge in [-0.15, -0.1) is 0 Å². The van der Waals surface area contributed by atoms with Gasteiger partial charge in [-0.3, -0.25) is 0 Å². The summed E-state index contributed by atoms with van der Waals surface area (Å²) in [6.45, 7) is 9.83. The van der Waals surface area contributed by atoms with Gasteiger partial charge >= 0.3 is 0 Å². The van der Waals surface area contributed by atoms with E-state index in [0.29, 0.717) is 11.8 Å². The standard InChI is InChI=1S/C17H31BO/c1-14-9-5-7-11-16(14,3)18(13-19)17(4)12-8-6-10-15(17)2/h13-15H,5-12H2,1-4H3. The van der Waals surface area contributed by atoms with Gasteiger partial charge in [-0.05, 0) is 22.5 Å². The Hall–Kier alpha value is -0.265. The van der Waals surface area contributed by atoms with E-state index in [1.807, 2.05) is 0 Å². The first-order valence-corrected chi connectivity index (χ1v) is 8.40. The van der Waals surface area contributed by atoms with Gasteiger partial charge in [0, 0.05) is 0 Å². The predicted octanol–water partition coefficient (Wildman–Crippen LogP) is 5.19. The maximum absolute atomic E-state index is 12.0. The smallest absolute Gasteiger partial charge is 0.231 e. The highest BCUT2D eigenvalue weighted by Crippen LogP contribution is 2.60. The highest BCUT2D eigenvalue weighted by Gasteiger charge is 2.54. The largest absolute Gasteiger partial charge is 0.315 e. The van der Waals surface area contributed by atoms with Crippen molar-refractivity contribution in [1.29, 1.82) is 0 Å². The number of hydrogen-bond donors (Lipinski definition) is 0. The molecule has 4 unspecified atom stereocenters. The topological polar surface area (TPSA) is 17.1 Å². The van der Waals surface area contributed by atoms with Gasteiger partial charge in [-0.1, -0.05) is 79.1 Å². The molecule has 0 aromatic heterocycles. The lowest BCUT2D eigenvalue weighted by Gasteiger charge is -2.52. The Morgan fingerprint density at radius 3 is 1.63 bits per heavy atom. The second-order valence-corrected chi connectivity index (χ2v) is 7.92. The highest BCUT2D eigenvalue weighted by molar-refractivity contribution is 6.89. The van der Waals surface area contributed by atoms with Crippen LogP contribution in [0.15, 0.2) is 0 Å². The fourth-order valence-electron chi connectivity index (χ4n) is 5.05. The molecule has 2 aliphatic carbocycles. The number of rotatable bonds is 3. The summed E-state index contributed by atoms with van der Waals surface area (Å²) in [4.78, 5) is 12.0. The zero-order valence-corrected chi connectivity index (χ0v) is 13.4. The molecular weight excluding hydrogens is 231 g/mol. The Bertz CT molecular complexity index is 301. The number of carbonyl (C=O) groups is 1. The maximum Gasteiger partial charge on any atom is 0.231 e. The molecule has 4 atom stereocenters. The maximum atomic E-state index is 12.0. The molecule has 0 radical (unpaired) electrons. The average molecular weight is 262 g/mol. The fourth-order valence-corrected chi connectivity index (χ4v) is 5.05. The summed E-state index contributed by atoms with van der Waals surface area (Å²) < 4.78 is 0. The van der Waals surface area contributed by atoms with Crippen LogP contribution in [0, 0.1) is 11.8 Å². The molecule has 0 aromatic rings. The van der Waals surface area contributed by atoms with Crippen LogP contribution in [-0.4, -0.2) is 12.9 Å². The molecule has 1 nitrogen and oxygen atoms in total. The number of hydrogen-bond acceptors (Lipinski definition) is 1. The summed E-state index contributed by atoms with van der Waals surface area (Å²) in [5.74, 6) is 1.39. The van der Waals surface area contributed by atoms with E-state index in [0.717, 1.165) is 0 Å². The van der Waals surface area contributed by atoms with Crippen molar-refractivity contribution < 1.29 is 4.79 Å². The highest BCUT2D eigenvalue weighted by atomic mass is 16.1. The van der Waals surface area contributed by atoms with Crippen LogP contribution in [0.1, 0.15) is 79.1 Å². The molecule has 108 valence electrons. The Kier molecular flexibility index (Phi) is 4.47. The molecule has 0 aliphatic heterocycles. The van der Waals surface area contributed by atoms with Gasteiger partial charge in [0.15, 0.2) is 0 Å². The molecule has 0 heterocycles. The molecule has 2 rings (SSSR count). The summed E-state index contributed by atoms with van der Waals surface area (Å²) in [6, 6.07) is 0. The van der Waals surface area contributed by atoms with Crippen molar-refractivity contribution in [2.75, 3.05) is 0 Å². The summed E-state index contributed by atoms with van der Waals surface area (Å²) in [7, 11) is 0. The van der Waals surface area contributed by atoms with E-state index in [1.165, 1.54) is 57.6 Å². The Morgan fingerprint density at radius 1 is 0.895 bits per heavy atom. The molecule has 2 aliphatic rings. The van der Waals surface area contributed by atoms with Crippen LogP contribution in [0.5, 0.6) is 0 Å². The molecule has 2 fully saturated rings. The van der Waals surface area contributed by atoms with Crippen LogP contribution in [-0.2, 0) is 4.79 Å². The zero-order chi connectivity index (χ0) is 14.1. The van der Waals surface area contributed by atoms with Crippen LogP contribution in [0.3, 0.4) is 0 Å². The summed E-state index contributed by atoms with van der Waals surface area (Å²) in [5, 5.41) is 0.473. The Morgan fingerprint density at radius 2 is 1.32 bits per heavy atom. The van der Waals surface area contributed by atoms with Gasteiger partial charge in [-0.25, -0.2) is 0 Å². The second kappa shape index (κ2) is 5.62. The lowest BCUT2D eigenvalue weighted by Crippen LogP contribution is -2.50. The normalized spacial score (nSPS) is 43.8. The SMILES string of the molecule is CC1CCCCC1(C)B(C=O)C1(C)CCCCC1C. The monoisotopic (exact) mass is 262 g/mol. The second-order valence-electron chi connectivity index (χ2n) is 7.92. The zero-order valence-electron chi connectivity index (χ0n) is 13.4. The first-order chi connectivity index (χ1) is 8.95. The summed E-state index contributed by atoms with van der Waals surface area (Å²) in [5.41, 5.74) is 0. The first-order valence-electron chi connectivity index (χ1n) is 8.40. The molecule has 0 spiro atoms. The molecule has 0 amide bonds. The van der Waals surface area contributed by atoms with Crippen molar-refractivity contribution in [3.8, 4) is 0 Å². The first kappa shape index (κ1) is 15.1. The Balaban J connectivity index is 2.29. The van der Waals surface area contributed by atoms with E-state index in [2.05, 4.69) is 27.7 Å². The van der Waals surface area contributed by atoms with E-state index in [1.54, 1.807) is 0 Å². The van der Waals surface area contributed by atoms with Crippen LogP contribution in [0.4, 0.5) is 0 Å². The van der Waals surface area contributed by atoms with Gasteiger partial charge in [-0.2, -0.15) is 0 Å². The molecular formula is C17H31BO. The summed E-state index contributed by atoms with van der Waals surface area (Å²) >= 11 is 0. The third-order valence-corrected chi connectivity index (χ3v) is 7.01. The molecule has 2 saturated carbocycles. The molecule has 0 saturated heterocycles. The van der Waals surface area contributed by atoms with E-state index in [4.69, 9.17) is 0 Å². The van der Waals surface area contributed by atoms with E-state index >= 15 is 0 Å². The average Bonchev–Trinajstić information content (AvgIpc) is 2.38. The third-order valence-electron chi connectivity index (χ3n) is 7.01. The molecule has 0 bridgehead atoms. The molecule has 0 N–H and O–H groups in total. The third kappa shape index (κ3) is 2.52. The van der Waals surface area contributed by atoms with Crippen molar-refractivity contribution >= 4 is 12.9 Å². The van der Waals surface area contributed by atoms with Gasteiger partial charge in [0.25, 0.3) is 0 Å². The van der Waals surface area contributed by atoms with E-state index in [-0.39, 0.29) is 17.3 Å². The summed E-state index contributed by atoms with van der Waals surface area (Å²) in [6.07, 6.45) is 11.8. The predicted molar refractivity (Wildman–Crippen MR) is 84.5 cm³/mol. The number of carbonyl (C=O) groups excluding carboxylic acids is 1. The van der Waals surface area contributed by atoms with Gasteiger partial charge in [0.2, 0.25) is 6.71 Å².